The number of imide groups is 1. The number of ether oxygens (including phenoxy) is 2. The van der Waals surface area contributed by atoms with E-state index in [4.69, 9.17) is 9.47 Å². The minimum Gasteiger partial charge on any atom is -0.493 e. The highest BCUT2D eigenvalue weighted by molar-refractivity contribution is 6.16. The van der Waals surface area contributed by atoms with Gasteiger partial charge in [-0.3, -0.25) is 14.4 Å². The maximum absolute atomic E-state index is 12.9. The molecular weight excluding hydrogens is 548 g/mol. The van der Waals surface area contributed by atoms with Gasteiger partial charge in [0.25, 0.3) is 11.8 Å². The Bertz CT molecular complexity index is 1560. The van der Waals surface area contributed by atoms with Gasteiger partial charge in [0.05, 0.1) is 7.11 Å². The van der Waals surface area contributed by atoms with E-state index >= 15 is 0 Å². The lowest BCUT2D eigenvalue weighted by molar-refractivity contribution is -0.127. The molecule has 0 aliphatic carbocycles. The number of urea groups is 1. The molecule has 2 fully saturated rings. The number of anilines is 1. The fourth-order valence-corrected chi connectivity index (χ4v) is 5.03. The molecule has 2 aliphatic heterocycles. The SMILES string of the molecule is COc1cc(/C=C2\NC(=O)N(CC(=O)Nc3cccc(C)c3)C2=O)ccc1OCc1ccc(C(=O)N2CCCCC2)cc1. The van der Waals surface area contributed by atoms with Crippen molar-refractivity contribution in [3.8, 4) is 11.5 Å². The van der Waals surface area contributed by atoms with Crippen molar-refractivity contribution in [1.29, 1.82) is 0 Å². The predicted octanol–water partition coefficient (Wildman–Crippen LogP) is 4.74. The Morgan fingerprint density at radius 3 is 2.44 bits per heavy atom. The summed E-state index contributed by atoms with van der Waals surface area (Å²) < 4.78 is 11.5. The molecule has 3 aromatic carbocycles. The van der Waals surface area contributed by atoms with Gasteiger partial charge in [0.15, 0.2) is 11.5 Å². The van der Waals surface area contributed by atoms with Crippen LogP contribution in [-0.4, -0.2) is 60.3 Å². The first-order chi connectivity index (χ1) is 20.8. The lowest BCUT2D eigenvalue weighted by atomic mass is 10.1. The minimum atomic E-state index is -0.675. The molecule has 3 aromatic rings. The largest absolute Gasteiger partial charge is 0.493 e. The van der Waals surface area contributed by atoms with Crippen LogP contribution in [0.1, 0.15) is 46.3 Å². The van der Waals surface area contributed by atoms with E-state index in [1.165, 1.54) is 19.6 Å². The normalized spacial score (nSPS) is 15.8. The van der Waals surface area contributed by atoms with Crippen LogP contribution in [0, 0.1) is 6.92 Å². The molecule has 0 spiro atoms. The van der Waals surface area contributed by atoms with E-state index in [2.05, 4.69) is 10.6 Å². The Morgan fingerprint density at radius 2 is 1.72 bits per heavy atom. The summed E-state index contributed by atoms with van der Waals surface area (Å²) in [5.41, 5.74) is 3.76. The Hall–Kier alpha value is -5.12. The maximum atomic E-state index is 12.9. The Labute approximate surface area is 250 Å². The van der Waals surface area contributed by atoms with Crippen molar-refractivity contribution >= 4 is 35.5 Å². The third-order valence-electron chi connectivity index (χ3n) is 7.30. The Morgan fingerprint density at radius 1 is 0.953 bits per heavy atom. The summed E-state index contributed by atoms with van der Waals surface area (Å²) in [6, 6.07) is 19.1. The quantitative estimate of drug-likeness (QED) is 0.278. The van der Waals surface area contributed by atoms with Gasteiger partial charge in [0.2, 0.25) is 5.91 Å². The van der Waals surface area contributed by atoms with Crippen LogP contribution in [0.3, 0.4) is 0 Å². The molecule has 2 saturated heterocycles. The third-order valence-corrected chi connectivity index (χ3v) is 7.30. The number of nitrogens with zero attached hydrogens (tertiary/aromatic N) is 2. The van der Waals surface area contributed by atoms with Gasteiger partial charge >= 0.3 is 6.03 Å². The maximum Gasteiger partial charge on any atom is 0.329 e. The lowest BCUT2D eigenvalue weighted by Crippen LogP contribution is -2.38. The zero-order valence-electron chi connectivity index (χ0n) is 24.2. The topological polar surface area (TPSA) is 117 Å². The molecule has 2 N–H and O–H groups in total. The Balaban J connectivity index is 1.19. The zero-order chi connectivity index (χ0) is 30.3. The molecule has 0 atom stereocenters. The fraction of sp³-hybridized carbons (Fsp3) is 0.273. The van der Waals surface area contributed by atoms with Crippen molar-refractivity contribution in [2.45, 2.75) is 32.8 Å². The number of benzene rings is 3. The van der Waals surface area contributed by atoms with Gasteiger partial charge < -0.3 is 25.0 Å². The number of rotatable bonds is 9. The highest BCUT2D eigenvalue weighted by atomic mass is 16.5. The van der Waals surface area contributed by atoms with Gasteiger partial charge in [0, 0.05) is 24.3 Å². The number of methoxy groups -OCH3 is 1. The molecule has 10 nitrogen and oxygen atoms in total. The predicted molar refractivity (Wildman–Crippen MR) is 162 cm³/mol. The van der Waals surface area contributed by atoms with E-state index in [1.807, 2.05) is 42.2 Å². The highest BCUT2D eigenvalue weighted by Crippen LogP contribution is 2.30. The van der Waals surface area contributed by atoms with E-state index in [9.17, 15) is 19.2 Å². The van der Waals surface area contributed by atoms with Gasteiger partial charge in [-0.05, 0) is 85.4 Å². The first kappa shape index (κ1) is 29.4. The summed E-state index contributed by atoms with van der Waals surface area (Å²) in [6.07, 6.45) is 4.78. The van der Waals surface area contributed by atoms with Crippen molar-refractivity contribution in [3.05, 3.63) is 94.7 Å². The van der Waals surface area contributed by atoms with Crippen molar-refractivity contribution < 1.29 is 28.7 Å². The molecule has 0 unspecified atom stereocenters. The molecular formula is C33H34N4O6. The third kappa shape index (κ3) is 7.21. The number of hydrogen-bond acceptors (Lipinski definition) is 6. The molecule has 10 heteroatoms. The molecule has 5 rings (SSSR count). The number of carbonyl (C=O) groups is 4. The van der Waals surface area contributed by atoms with E-state index in [0.717, 1.165) is 42.0 Å². The molecule has 0 saturated carbocycles. The molecule has 43 heavy (non-hydrogen) atoms. The number of likely N-dealkylation sites (tertiary alicyclic amines) is 1. The van der Waals surface area contributed by atoms with Crippen molar-refractivity contribution in [1.82, 2.24) is 15.1 Å². The summed E-state index contributed by atoms with van der Waals surface area (Å²) in [6.45, 7) is 3.36. The average Bonchev–Trinajstić information content (AvgIpc) is 3.27. The highest BCUT2D eigenvalue weighted by Gasteiger charge is 2.35. The van der Waals surface area contributed by atoms with Crippen molar-refractivity contribution in [2.24, 2.45) is 0 Å². The number of piperidine rings is 1. The molecule has 5 amide bonds. The average molecular weight is 583 g/mol. The van der Waals surface area contributed by atoms with Crippen molar-refractivity contribution in [2.75, 3.05) is 32.1 Å². The zero-order valence-corrected chi connectivity index (χ0v) is 24.2. The van der Waals surface area contributed by atoms with Crippen LogP contribution in [0.15, 0.2) is 72.4 Å². The monoisotopic (exact) mass is 582 g/mol. The lowest BCUT2D eigenvalue weighted by Gasteiger charge is -2.26. The number of carbonyl (C=O) groups excluding carboxylic acids is 4. The molecule has 0 aromatic heterocycles. The van der Waals surface area contributed by atoms with E-state index in [0.29, 0.717) is 28.3 Å². The molecule has 0 radical (unpaired) electrons. The fourth-order valence-electron chi connectivity index (χ4n) is 5.03. The summed E-state index contributed by atoms with van der Waals surface area (Å²) >= 11 is 0. The van der Waals surface area contributed by atoms with Gasteiger partial charge in [-0.25, -0.2) is 9.69 Å². The molecule has 2 aliphatic rings. The van der Waals surface area contributed by atoms with Crippen LogP contribution in [-0.2, 0) is 16.2 Å². The van der Waals surface area contributed by atoms with Crippen LogP contribution in [0.25, 0.3) is 6.08 Å². The summed E-state index contributed by atoms with van der Waals surface area (Å²) in [5.74, 6) is -0.0939. The second kappa shape index (κ2) is 13.2. The van der Waals surface area contributed by atoms with E-state index in [-0.39, 0.29) is 18.2 Å². The standard InChI is InChI=1S/C33H34N4O6/c1-22-7-6-8-26(17-22)34-30(38)20-37-32(40)27(35-33(37)41)18-24-11-14-28(29(19-24)42-2)43-21-23-9-12-25(13-10-23)31(39)36-15-4-3-5-16-36/h6-14,17-19H,3-5,15-16,20-21H2,1-2H3,(H,34,38)(H,35,41)/b27-18-. The number of nitrogens with one attached hydrogen (secondary N) is 2. The van der Waals surface area contributed by atoms with Crippen LogP contribution in [0.5, 0.6) is 11.5 Å². The summed E-state index contributed by atoms with van der Waals surface area (Å²) in [4.78, 5) is 53.3. The number of amides is 5. The number of hydrogen-bond donors (Lipinski definition) is 2. The van der Waals surface area contributed by atoms with Gasteiger partial charge in [0.1, 0.15) is 18.8 Å². The summed E-state index contributed by atoms with van der Waals surface area (Å²) in [7, 11) is 1.51. The van der Waals surface area contributed by atoms with Gasteiger partial charge in [-0.2, -0.15) is 0 Å². The number of aryl methyl sites for hydroxylation is 1. The smallest absolute Gasteiger partial charge is 0.329 e. The first-order valence-electron chi connectivity index (χ1n) is 14.2. The van der Waals surface area contributed by atoms with E-state index < -0.39 is 24.4 Å². The van der Waals surface area contributed by atoms with Crippen LogP contribution in [0.2, 0.25) is 0 Å². The summed E-state index contributed by atoms with van der Waals surface area (Å²) in [5, 5.41) is 5.23. The van der Waals surface area contributed by atoms with Crippen LogP contribution in [0.4, 0.5) is 10.5 Å². The van der Waals surface area contributed by atoms with Gasteiger partial charge in [-0.15, -0.1) is 0 Å². The second-order valence-corrected chi connectivity index (χ2v) is 10.5. The minimum absolute atomic E-state index is 0.0447. The van der Waals surface area contributed by atoms with Crippen LogP contribution < -0.4 is 20.1 Å². The van der Waals surface area contributed by atoms with Crippen LogP contribution >= 0.6 is 0 Å². The first-order valence-corrected chi connectivity index (χ1v) is 14.2. The molecule has 0 bridgehead atoms. The molecule has 222 valence electrons. The second-order valence-electron chi connectivity index (χ2n) is 10.5. The van der Waals surface area contributed by atoms with Gasteiger partial charge in [-0.1, -0.05) is 30.3 Å². The Kier molecular flexibility index (Phi) is 9.05. The van der Waals surface area contributed by atoms with Crippen molar-refractivity contribution in [3.63, 3.8) is 0 Å². The van der Waals surface area contributed by atoms with E-state index in [1.54, 1.807) is 36.4 Å². The molecule has 2 heterocycles.